The Morgan fingerprint density at radius 1 is 0.562 bits per heavy atom. The van der Waals surface area contributed by atoms with Gasteiger partial charge >= 0.3 is 11.9 Å². The second-order valence-corrected chi connectivity index (χ2v) is 6.67. The third-order valence-corrected chi connectivity index (χ3v) is 4.81. The van der Waals surface area contributed by atoms with Crippen molar-refractivity contribution < 1.29 is 38.9 Å². The summed E-state index contributed by atoms with van der Waals surface area (Å²) in [5.74, 6) is -3.34. The maximum Gasteiger partial charge on any atom is 0.336 e. The lowest BCUT2D eigenvalue weighted by atomic mass is 9.90. The highest BCUT2D eigenvalue weighted by molar-refractivity contribution is 6.20. The molecule has 8 nitrogen and oxygen atoms in total. The number of carboxylic acids is 2. The first-order valence-electron chi connectivity index (χ1n) is 9.29. The first kappa shape index (κ1) is 22.2. The molecular formula is C24H18O8. The van der Waals surface area contributed by atoms with Crippen LogP contribution in [0.1, 0.15) is 52.6 Å². The SMILES string of the molecule is COc1ccc(C(=O)c2cc(C(=O)c3ccc(OC)cc3)c(C(=O)O)cc2C(=O)O)cc1. The minimum atomic E-state index is -1.49. The van der Waals surface area contributed by atoms with Gasteiger partial charge in [0, 0.05) is 22.3 Å². The zero-order valence-corrected chi connectivity index (χ0v) is 17.1. The van der Waals surface area contributed by atoms with E-state index in [0.29, 0.717) is 11.5 Å². The number of benzene rings is 3. The van der Waals surface area contributed by atoms with E-state index in [-0.39, 0.29) is 22.3 Å². The monoisotopic (exact) mass is 434 g/mol. The van der Waals surface area contributed by atoms with Gasteiger partial charge in [-0.2, -0.15) is 0 Å². The zero-order valence-electron chi connectivity index (χ0n) is 17.1. The molecule has 3 aromatic rings. The number of aromatic carboxylic acids is 2. The van der Waals surface area contributed by atoms with Crippen molar-refractivity contribution in [2.75, 3.05) is 14.2 Å². The second kappa shape index (κ2) is 9.13. The summed E-state index contributed by atoms with van der Waals surface area (Å²) in [7, 11) is 2.92. The van der Waals surface area contributed by atoms with Crippen molar-refractivity contribution in [3.05, 3.63) is 94.0 Å². The number of ether oxygens (including phenoxy) is 2. The Hall–Kier alpha value is -4.46. The summed E-state index contributed by atoms with van der Waals surface area (Å²) in [6.07, 6.45) is 0. The van der Waals surface area contributed by atoms with Gasteiger partial charge in [0.25, 0.3) is 0 Å². The highest BCUT2D eigenvalue weighted by atomic mass is 16.5. The van der Waals surface area contributed by atoms with Gasteiger partial charge < -0.3 is 19.7 Å². The Labute approximate surface area is 182 Å². The van der Waals surface area contributed by atoms with Crippen LogP contribution in [0.3, 0.4) is 0 Å². The van der Waals surface area contributed by atoms with Crippen molar-refractivity contribution in [2.45, 2.75) is 0 Å². The van der Waals surface area contributed by atoms with Crippen LogP contribution in [0.25, 0.3) is 0 Å². The third kappa shape index (κ3) is 4.34. The first-order chi connectivity index (χ1) is 15.3. The van der Waals surface area contributed by atoms with Gasteiger partial charge in [0.1, 0.15) is 11.5 Å². The minimum Gasteiger partial charge on any atom is -0.497 e. The summed E-state index contributed by atoms with van der Waals surface area (Å²) in [6.45, 7) is 0. The average Bonchev–Trinajstić information content (AvgIpc) is 2.82. The fourth-order valence-electron chi connectivity index (χ4n) is 3.13. The number of hydrogen-bond acceptors (Lipinski definition) is 6. The van der Waals surface area contributed by atoms with E-state index in [9.17, 15) is 29.4 Å². The topological polar surface area (TPSA) is 127 Å². The zero-order chi connectivity index (χ0) is 23.4. The molecule has 0 atom stereocenters. The van der Waals surface area contributed by atoms with Crippen LogP contribution in [-0.4, -0.2) is 47.9 Å². The van der Waals surface area contributed by atoms with Crippen LogP contribution in [0.2, 0.25) is 0 Å². The average molecular weight is 434 g/mol. The number of rotatable bonds is 8. The highest BCUT2D eigenvalue weighted by Crippen LogP contribution is 2.25. The van der Waals surface area contributed by atoms with Crippen LogP contribution in [0.15, 0.2) is 60.7 Å². The van der Waals surface area contributed by atoms with Crippen molar-refractivity contribution in [2.24, 2.45) is 0 Å². The maximum absolute atomic E-state index is 13.1. The van der Waals surface area contributed by atoms with Gasteiger partial charge in [0.15, 0.2) is 11.6 Å². The lowest BCUT2D eigenvalue weighted by molar-refractivity contribution is 0.0690. The molecule has 3 rings (SSSR count). The van der Waals surface area contributed by atoms with Crippen LogP contribution in [0, 0.1) is 0 Å². The van der Waals surface area contributed by atoms with Gasteiger partial charge in [-0.05, 0) is 60.7 Å². The number of hydrogen-bond donors (Lipinski definition) is 2. The molecule has 8 heteroatoms. The largest absolute Gasteiger partial charge is 0.497 e. The van der Waals surface area contributed by atoms with Crippen molar-refractivity contribution in [3.8, 4) is 11.5 Å². The van der Waals surface area contributed by atoms with Crippen LogP contribution in [0.4, 0.5) is 0 Å². The van der Waals surface area contributed by atoms with E-state index >= 15 is 0 Å². The quantitative estimate of drug-likeness (QED) is 0.515. The third-order valence-electron chi connectivity index (χ3n) is 4.81. The first-order valence-corrected chi connectivity index (χ1v) is 9.29. The summed E-state index contributed by atoms with van der Waals surface area (Å²) in [5.41, 5.74) is -1.34. The van der Waals surface area contributed by atoms with E-state index in [1.54, 1.807) is 0 Å². The summed E-state index contributed by atoms with van der Waals surface area (Å²) in [6, 6.07) is 13.8. The number of methoxy groups -OCH3 is 2. The van der Waals surface area contributed by atoms with Gasteiger partial charge in [-0.15, -0.1) is 0 Å². The predicted octanol–water partition coefficient (Wildman–Crippen LogP) is 3.56. The molecule has 0 aliphatic rings. The number of carboxylic acid groups (broad SMARTS) is 2. The van der Waals surface area contributed by atoms with Crippen molar-refractivity contribution in [3.63, 3.8) is 0 Å². The number of ketones is 2. The van der Waals surface area contributed by atoms with Crippen LogP contribution in [-0.2, 0) is 0 Å². The Morgan fingerprint density at radius 3 is 1.16 bits per heavy atom. The molecule has 3 aromatic carbocycles. The number of carbonyl (C=O) groups excluding carboxylic acids is 2. The fourth-order valence-corrected chi connectivity index (χ4v) is 3.13. The Bertz CT molecular complexity index is 1120. The van der Waals surface area contributed by atoms with Gasteiger partial charge in [-0.3, -0.25) is 9.59 Å². The minimum absolute atomic E-state index is 0.152. The van der Waals surface area contributed by atoms with Gasteiger partial charge in [-0.25, -0.2) is 9.59 Å². The molecule has 0 aromatic heterocycles. The molecule has 0 fully saturated rings. The molecule has 0 aliphatic heterocycles. The second-order valence-electron chi connectivity index (χ2n) is 6.67. The van der Waals surface area contributed by atoms with E-state index in [4.69, 9.17) is 9.47 Å². The fraction of sp³-hybridized carbons (Fsp3) is 0.0833. The van der Waals surface area contributed by atoms with Crippen LogP contribution in [0.5, 0.6) is 11.5 Å². The predicted molar refractivity (Wildman–Crippen MR) is 113 cm³/mol. The van der Waals surface area contributed by atoms with Crippen molar-refractivity contribution in [1.29, 1.82) is 0 Å². The molecule has 162 valence electrons. The highest BCUT2D eigenvalue weighted by Gasteiger charge is 2.26. The van der Waals surface area contributed by atoms with Crippen molar-refractivity contribution >= 4 is 23.5 Å². The van der Waals surface area contributed by atoms with Crippen LogP contribution >= 0.6 is 0 Å². The smallest absolute Gasteiger partial charge is 0.336 e. The molecule has 0 amide bonds. The Kier molecular flexibility index (Phi) is 6.34. The lowest BCUT2D eigenvalue weighted by Gasteiger charge is -2.12. The lowest BCUT2D eigenvalue weighted by Crippen LogP contribution is -2.17. The standard InChI is InChI=1S/C24H18O8/c1-31-15-7-3-13(4-8-15)21(25)17-11-18(20(24(29)30)12-19(17)23(27)28)22(26)14-5-9-16(32-2)10-6-14/h3-12H,1-2H3,(H,27,28)(H,29,30). The summed E-state index contributed by atoms with van der Waals surface area (Å²) in [4.78, 5) is 49.7. The summed E-state index contributed by atoms with van der Waals surface area (Å²) in [5, 5.41) is 19.2. The molecule has 0 spiro atoms. The number of carbonyl (C=O) groups is 4. The van der Waals surface area contributed by atoms with E-state index in [2.05, 4.69) is 0 Å². The van der Waals surface area contributed by atoms with E-state index in [0.717, 1.165) is 12.1 Å². The normalized spacial score (nSPS) is 10.3. The van der Waals surface area contributed by atoms with Gasteiger partial charge in [-0.1, -0.05) is 0 Å². The van der Waals surface area contributed by atoms with Crippen molar-refractivity contribution in [1.82, 2.24) is 0 Å². The molecule has 0 saturated carbocycles. The molecule has 0 aliphatic carbocycles. The molecule has 32 heavy (non-hydrogen) atoms. The van der Waals surface area contributed by atoms with E-state index in [1.807, 2.05) is 0 Å². The Balaban J connectivity index is 2.17. The van der Waals surface area contributed by atoms with Gasteiger partial charge in [0.2, 0.25) is 0 Å². The van der Waals surface area contributed by atoms with E-state index < -0.39 is 34.6 Å². The van der Waals surface area contributed by atoms with Gasteiger partial charge in [0.05, 0.1) is 25.3 Å². The maximum atomic E-state index is 13.1. The Morgan fingerprint density at radius 2 is 0.875 bits per heavy atom. The molecule has 0 saturated heterocycles. The molecule has 0 heterocycles. The molecule has 2 N–H and O–H groups in total. The summed E-state index contributed by atoms with van der Waals surface area (Å²) < 4.78 is 10.1. The molecule has 0 radical (unpaired) electrons. The molecular weight excluding hydrogens is 416 g/mol. The molecule has 0 unspecified atom stereocenters. The summed E-state index contributed by atoms with van der Waals surface area (Å²) >= 11 is 0. The molecule has 0 bridgehead atoms. The van der Waals surface area contributed by atoms with Crippen LogP contribution < -0.4 is 9.47 Å². The van der Waals surface area contributed by atoms with E-state index in [1.165, 1.54) is 62.8 Å².